The molecule has 1 fully saturated rings. The maximum absolute atomic E-state index is 10.1. The lowest BCUT2D eigenvalue weighted by atomic mass is 10.0. The fourth-order valence-electron chi connectivity index (χ4n) is 0.419. The standard InChI is InChI=1S/C4H4O5/c5-1-4(8)2(6)9-3(4)7/h5,8H,1H2. The Kier molecular flexibility index (Phi) is 1.04. The number of aliphatic hydroxyl groups is 2. The number of hydrogen-bond donors (Lipinski definition) is 2. The van der Waals surface area contributed by atoms with Crippen LogP contribution in [0.5, 0.6) is 0 Å². The molecule has 0 saturated carbocycles. The van der Waals surface area contributed by atoms with Gasteiger partial charge in [0.15, 0.2) is 0 Å². The van der Waals surface area contributed by atoms with Crippen LogP contribution < -0.4 is 0 Å². The zero-order chi connectivity index (χ0) is 7.07. The maximum Gasteiger partial charge on any atom is 0.360 e. The Labute approximate surface area is 49.9 Å². The summed E-state index contributed by atoms with van der Waals surface area (Å²) in [6.07, 6.45) is 0. The quantitative estimate of drug-likeness (QED) is 0.312. The molecule has 0 bridgehead atoms. The summed E-state index contributed by atoms with van der Waals surface area (Å²) >= 11 is 0. The summed E-state index contributed by atoms with van der Waals surface area (Å²) in [5.41, 5.74) is -2.26. The van der Waals surface area contributed by atoms with Crippen LogP contribution in [0, 0.1) is 0 Å². The van der Waals surface area contributed by atoms with Crippen LogP contribution in [0.15, 0.2) is 0 Å². The predicted octanol–water partition coefficient (Wildman–Crippen LogP) is -2.21. The fraction of sp³-hybridized carbons (Fsp3) is 0.500. The molecule has 9 heavy (non-hydrogen) atoms. The Balaban J connectivity index is 2.78. The Bertz CT molecular complexity index is 158. The average Bonchev–Trinajstić information content (AvgIpc) is 1.87. The van der Waals surface area contributed by atoms with Crippen molar-refractivity contribution in [3.8, 4) is 0 Å². The van der Waals surface area contributed by atoms with E-state index in [2.05, 4.69) is 4.74 Å². The van der Waals surface area contributed by atoms with E-state index in [1.807, 2.05) is 0 Å². The highest BCUT2D eigenvalue weighted by Gasteiger charge is 2.57. The third-order valence-electron chi connectivity index (χ3n) is 1.09. The SMILES string of the molecule is O=C1OC(=O)C1(O)CO. The minimum absolute atomic E-state index is 0.912. The first-order valence-electron chi connectivity index (χ1n) is 2.21. The van der Waals surface area contributed by atoms with Gasteiger partial charge in [-0.2, -0.15) is 0 Å². The van der Waals surface area contributed by atoms with E-state index in [0.717, 1.165) is 0 Å². The molecule has 0 aromatic carbocycles. The number of cyclic esters (lactones) is 2. The monoisotopic (exact) mass is 132 g/mol. The number of aliphatic hydroxyl groups excluding tert-OH is 1. The van der Waals surface area contributed by atoms with Crippen LogP contribution in [0.2, 0.25) is 0 Å². The summed E-state index contributed by atoms with van der Waals surface area (Å²) in [6, 6.07) is 0. The van der Waals surface area contributed by atoms with Crippen molar-refractivity contribution in [3.63, 3.8) is 0 Å². The largest absolute Gasteiger partial charge is 0.392 e. The number of carbonyl (C=O) groups is 2. The van der Waals surface area contributed by atoms with E-state index >= 15 is 0 Å². The zero-order valence-corrected chi connectivity index (χ0v) is 4.33. The Morgan fingerprint density at radius 1 is 1.44 bits per heavy atom. The van der Waals surface area contributed by atoms with Crippen LogP contribution in [0.4, 0.5) is 0 Å². The molecule has 1 aliphatic heterocycles. The van der Waals surface area contributed by atoms with E-state index in [9.17, 15) is 9.59 Å². The van der Waals surface area contributed by atoms with Crippen molar-refractivity contribution in [1.82, 2.24) is 0 Å². The van der Waals surface area contributed by atoms with Gasteiger partial charge in [-0.15, -0.1) is 0 Å². The smallest absolute Gasteiger partial charge is 0.360 e. The normalized spacial score (nSPS) is 22.9. The lowest BCUT2D eigenvalue weighted by Gasteiger charge is -2.28. The molecule has 0 unspecified atom stereocenters. The second-order valence-corrected chi connectivity index (χ2v) is 1.70. The third-order valence-corrected chi connectivity index (χ3v) is 1.09. The van der Waals surface area contributed by atoms with Crippen molar-refractivity contribution in [3.05, 3.63) is 0 Å². The van der Waals surface area contributed by atoms with E-state index < -0.39 is 24.1 Å². The molecule has 2 N–H and O–H groups in total. The van der Waals surface area contributed by atoms with E-state index in [1.165, 1.54) is 0 Å². The van der Waals surface area contributed by atoms with E-state index in [1.54, 1.807) is 0 Å². The summed E-state index contributed by atoms with van der Waals surface area (Å²) in [6.45, 7) is -0.912. The van der Waals surface area contributed by atoms with Crippen molar-refractivity contribution >= 4 is 11.9 Å². The second kappa shape index (κ2) is 1.52. The molecule has 50 valence electrons. The predicted molar refractivity (Wildman–Crippen MR) is 23.1 cm³/mol. The number of esters is 2. The molecule has 0 atom stereocenters. The highest BCUT2D eigenvalue weighted by atomic mass is 16.6. The van der Waals surface area contributed by atoms with Crippen LogP contribution in [0.25, 0.3) is 0 Å². The van der Waals surface area contributed by atoms with Crippen molar-refractivity contribution in [2.45, 2.75) is 5.60 Å². The first-order chi connectivity index (χ1) is 4.11. The number of carbonyl (C=O) groups excluding carboxylic acids is 2. The van der Waals surface area contributed by atoms with Crippen LogP contribution in [-0.2, 0) is 14.3 Å². The molecular formula is C4H4O5. The van der Waals surface area contributed by atoms with Crippen LogP contribution >= 0.6 is 0 Å². The highest BCUT2D eigenvalue weighted by Crippen LogP contribution is 2.18. The van der Waals surface area contributed by atoms with E-state index in [0.29, 0.717) is 0 Å². The number of rotatable bonds is 1. The molecule has 1 aliphatic rings. The minimum Gasteiger partial charge on any atom is -0.392 e. The maximum atomic E-state index is 10.1. The Morgan fingerprint density at radius 3 is 2.00 bits per heavy atom. The summed E-state index contributed by atoms with van der Waals surface area (Å²) in [7, 11) is 0. The molecule has 0 amide bonds. The van der Waals surface area contributed by atoms with Gasteiger partial charge in [0.25, 0.3) is 5.60 Å². The first kappa shape index (κ1) is 6.18. The van der Waals surface area contributed by atoms with Crippen LogP contribution in [-0.4, -0.2) is 34.4 Å². The van der Waals surface area contributed by atoms with Gasteiger partial charge in [-0.25, -0.2) is 9.59 Å². The summed E-state index contributed by atoms with van der Waals surface area (Å²) in [5.74, 6) is -2.18. The van der Waals surface area contributed by atoms with Crippen molar-refractivity contribution in [2.75, 3.05) is 6.61 Å². The lowest BCUT2D eigenvalue weighted by Crippen LogP contribution is -2.62. The van der Waals surface area contributed by atoms with E-state index in [-0.39, 0.29) is 0 Å². The molecular weight excluding hydrogens is 128 g/mol. The topological polar surface area (TPSA) is 83.8 Å². The zero-order valence-electron chi connectivity index (χ0n) is 4.33. The third kappa shape index (κ3) is 0.554. The van der Waals surface area contributed by atoms with Gasteiger partial charge in [0, 0.05) is 0 Å². The van der Waals surface area contributed by atoms with Gasteiger partial charge in [0.1, 0.15) is 0 Å². The summed E-state index contributed by atoms with van der Waals surface area (Å²) in [4.78, 5) is 20.3. The Morgan fingerprint density at radius 2 is 1.89 bits per heavy atom. The van der Waals surface area contributed by atoms with Gasteiger partial charge in [-0.05, 0) is 0 Å². The van der Waals surface area contributed by atoms with Crippen molar-refractivity contribution < 1.29 is 24.5 Å². The van der Waals surface area contributed by atoms with Crippen molar-refractivity contribution in [1.29, 1.82) is 0 Å². The van der Waals surface area contributed by atoms with Gasteiger partial charge in [-0.1, -0.05) is 0 Å². The summed E-state index contributed by atoms with van der Waals surface area (Å²) < 4.78 is 3.76. The molecule has 1 heterocycles. The molecule has 0 aromatic heterocycles. The lowest BCUT2D eigenvalue weighted by molar-refractivity contribution is -0.213. The molecule has 1 saturated heterocycles. The number of ether oxygens (including phenoxy) is 1. The van der Waals surface area contributed by atoms with Gasteiger partial charge in [0.2, 0.25) is 0 Å². The van der Waals surface area contributed by atoms with Crippen LogP contribution in [0.3, 0.4) is 0 Å². The van der Waals surface area contributed by atoms with Gasteiger partial charge in [-0.3, -0.25) is 0 Å². The van der Waals surface area contributed by atoms with Gasteiger partial charge < -0.3 is 14.9 Å². The summed E-state index contributed by atoms with van der Waals surface area (Å²) in [5, 5.41) is 16.9. The van der Waals surface area contributed by atoms with Crippen LogP contribution in [0.1, 0.15) is 0 Å². The molecule has 0 aromatic rings. The van der Waals surface area contributed by atoms with Gasteiger partial charge >= 0.3 is 11.9 Å². The molecule has 1 rings (SSSR count). The molecule has 5 heteroatoms. The second-order valence-electron chi connectivity index (χ2n) is 1.70. The van der Waals surface area contributed by atoms with Crippen molar-refractivity contribution in [2.24, 2.45) is 0 Å². The molecule has 0 radical (unpaired) electrons. The Hall–Kier alpha value is -0.940. The van der Waals surface area contributed by atoms with E-state index in [4.69, 9.17) is 10.2 Å². The average molecular weight is 132 g/mol. The minimum atomic E-state index is -2.26. The fourth-order valence-corrected chi connectivity index (χ4v) is 0.419. The van der Waals surface area contributed by atoms with Gasteiger partial charge in [0.05, 0.1) is 6.61 Å². The molecule has 0 spiro atoms. The molecule has 0 aliphatic carbocycles. The first-order valence-corrected chi connectivity index (χ1v) is 2.21. The molecule has 5 nitrogen and oxygen atoms in total. The highest BCUT2D eigenvalue weighted by molar-refractivity contribution is 6.17. The number of hydrogen-bond acceptors (Lipinski definition) is 5.